The number of aryl methyl sites for hydroxylation is 2. The van der Waals surface area contributed by atoms with Crippen molar-refractivity contribution in [1.82, 2.24) is 0 Å². The van der Waals surface area contributed by atoms with Gasteiger partial charge >= 0.3 is 0 Å². The van der Waals surface area contributed by atoms with Gasteiger partial charge in [-0.25, -0.2) is 0 Å². The average molecular weight is 267 g/mol. The third kappa shape index (κ3) is 2.86. The molecular formula is C18H21NO. The molecule has 0 spiro atoms. The fourth-order valence-corrected chi connectivity index (χ4v) is 2.79. The van der Waals surface area contributed by atoms with Gasteiger partial charge in [-0.2, -0.15) is 0 Å². The standard InChI is InChI=1S/C18H21NO/c1-13-3-2-4-14(11-13)5-7-17(19)15-6-8-18-16(12-15)9-10-20-18/h2-4,6,8,11-12,17H,5,7,9-10,19H2,1H3. The first-order valence-electron chi connectivity index (χ1n) is 7.29. The minimum Gasteiger partial charge on any atom is -0.493 e. The van der Waals surface area contributed by atoms with E-state index in [1.54, 1.807) is 0 Å². The van der Waals surface area contributed by atoms with E-state index in [-0.39, 0.29) is 6.04 Å². The van der Waals surface area contributed by atoms with Gasteiger partial charge in [0, 0.05) is 12.5 Å². The zero-order chi connectivity index (χ0) is 13.9. The van der Waals surface area contributed by atoms with Crippen LogP contribution in [0.5, 0.6) is 5.75 Å². The Morgan fingerprint density at radius 2 is 2.10 bits per heavy atom. The van der Waals surface area contributed by atoms with Gasteiger partial charge in [-0.05, 0) is 42.5 Å². The summed E-state index contributed by atoms with van der Waals surface area (Å²) in [6, 6.07) is 15.1. The van der Waals surface area contributed by atoms with Gasteiger partial charge in [0.05, 0.1) is 6.61 Å². The molecule has 2 N–H and O–H groups in total. The molecule has 0 saturated heterocycles. The normalized spacial score (nSPS) is 14.7. The van der Waals surface area contributed by atoms with Gasteiger partial charge in [-0.3, -0.25) is 0 Å². The topological polar surface area (TPSA) is 35.2 Å². The fourth-order valence-electron chi connectivity index (χ4n) is 2.79. The van der Waals surface area contributed by atoms with E-state index in [1.165, 1.54) is 22.3 Å². The molecule has 2 aromatic carbocycles. The van der Waals surface area contributed by atoms with Crippen LogP contribution in [0.2, 0.25) is 0 Å². The highest BCUT2D eigenvalue weighted by atomic mass is 16.5. The maximum Gasteiger partial charge on any atom is 0.122 e. The first-order valence-corrected chi connectivity index (χ1v) is 7.29. The van der Waals surface area contributed by atoms with Crippen LogP contribution in [0, 0.1) is 6.92 Å². The summed E-state index contributed by atoms with van der Waals surface area (Å²) in [5.41, 5.74) is 11.5. The van der Waals surface area contributed by atoms with Crippen LogP contribution in [-0.4, -0.2) is 6.61 Å². The van der Waals surface area contributed by atoms with Crippen molar-refractivity contribution in [3.8, 4) is 5.75 Å². The van der Waals surface area contributed by atoms with Gasteiger partial charge in [0.25, 0.3) is 0 Å². The number of rotatable bonds is 4. The molecule has 104 valence electrons. The molecule has 1 heterocycles. The lowest BCUT2D eigenvalue weighted by Gasteiger charge is -2.13. The summed E-state index contributed by atoms with van der Waals surface area (Å²) >= 11 is 0. The van der Waals surface area contributed by atoms with Gasteiger partial charge in [-0.1, -0.05) is 42.0 Å². The average Bonchev–Trinajstić information content (AvgIpc) is 2.92. The first kappa shape index (κ1) is 13.2. The Morgan fingerprint density at radius 3 is 2.95 bits per heavy atom. The summed E-state index contributed by atoms with van der Waals surface area (Å²) in [4.78, 5) is 0. The monoisotopic (exact) mass is 267 g/mol. The molecule has 0 saturated carbocycles. The highest BCUT2D eigenvalue weighted by Crippen LogP contribution is 2.28. The van der Waals surface area contributed by atoms with Crippen molar-refractivity contribution in [3.63, 3.8) is 0 Å². The van der Waals surface area contributed by atoms with E-state index in [1.807, 2.05) is 0 Å². The molecule has 0 bridgehead atoms. The third-order valence-corrected chi connectivity index (χ3v) is 3.97. The minimum absolute atomic E-state index is 0.0985. The summed E-state index contributed by atoms with van der Waals surface area (Å²) in [6.45, 7) is 2.93. The van der Waals surface area contributed by atoms with Gasteiger partial charge in [0.1, 0.15) is 5.75 Å². The summed E-state index contributed by atoms with van der Waals surface area (Å²) in [6.07, 6.45) is 3.01. The van der Waals surface area contributed by atoms with E-state index in [4.69, 9.17) is 10.5 Å². The van der Waals surface area contributed by atoms with Crippen molar-refractivity contribution < 1.29 is 4.74 Å². The lowest BCUT2D eigenvalue weighted by Crippen LogP contribution is -2.11. The second-order valence-corrected chi connectivity index (χ2v) is 5.60. The molecule has 2 aromatic rings. The summed E-state index contributed by atoms with van der Waals surface area (Å²) in [7, 11) is 0. The number of fused-ring (bicyclic) bond motifs is 1. The molecule has 1 aliphatic rings. The molecule has 1 aliphatic heterocycles. The van der Waals surface area contributed by atoms with Crippen molar-refractivity contribution in [2.75, 3.05) is 6.61 Å². The van der Waals surface area contributed by atoms with Gasteiger partial charge in [-0.15, -0.1) is 0 Å². The van der Waals surface area contributed by atoms with Gasteiger partial charge < -0.3 is 10.5 Å². The highest BCUT2D eigenvalue weighted by molar-refractivity contribution is 5.40. The van der Waals surface area contributed by atoms with Crippen LogP contribution < -0.4 is 10.5 Å². The predicted octanol–water partition coefficient (Wildman–Crippen LogP) is 3.56. The SMILES string of the molecule is Cc1cccc(CCC(N)c2ccc3c(c2)CCO3)c1. The molecule has 0 fully saturated rings. The minimum atomic E-state index is 0.0985. The van der Waals surface area contributed by atoms with E-state index in [0.29, 0.717) is 0 Å². The fraction of sp³-hybridized carbons (Fsp3) is 0.333. The van der Waals surface area contributed by atoms with E-state index in [0.717, 1.165) is 31.6 Å². The zero-order valence-electron chi connectivity index (χ0n) is 11.9. The van der Waals surface area contributed by atoms with Gasteiger partial charge in [0.2, 0.25) is 0 Å². The summed E-state index contributed by atoms with van der Waals surface area (Å²) < 4.78 is 5.53. The maximum atomic E-state index is 6.33. The van der Waals surface area contributed by atoms with E-state index in [9.17, 15) is 0 Å². The van der Waals surface area contributed by atoms with Crippen LogP contribution in [0.4, 0.5) is 0 Å². The molecule has 0 aromatic heterocycles. The summed E-state index contributed by atoms with van der Waals surface area (Å²) in [5.74, 6) is 1.03. The number of hydrogen-bond donors (Lipinski definition) is 1. The molecule has 1 atom stereocenters. The third-order valence-electron chi connectivity index (χ3n) is 3.97. The van der Waals surface area contributed by atoms with Crippen molar-refractivity contribution in [3.05, 3.63) is 64.7 Å². The van der Waals surface area contributed by atoms with Crippen LogP contribution in [-0.2, 0) is 12.8 Å². The van der Waals surface area contributed by atoms with Crippen LogP contribution in [0.15, 0.2) is 42.5 Å². The molecule has 0 amide bonds. The Hall–Kier alpha value is -1.80. The first-order chi connectivity index (χ1) is 9.72. The zero-order valence-corrected chi connectivity index (χ0v) is 11.9. The second-order valence-electron chi connectivity index (χ2n) is 5.60. The molecule has 0 aliphatic carbocycles. The Kier molecular flexibility index (Phi) is 3.75. The molecule has 3 rings (SSSR count). The lowest BCUT2D eigenvalue weighted by atomic mass is 9.97. The quantitative estimate of drug-likeness (QED) is 0.919. The number of ether oxygens (including phenoxy) is 1. The number of hydrogen-bond acceptors (Lipinski definition) is 2. The Bertz CT molecular complexity index is 606. The highest BCUT2D eigenvalue weighted by Gasteiger charge is 2.14. The molecule has 2 nitrogen and oxygen atoms in total. The largest absolute Gasteiger partial charge is 0.493 e. The maximum absolute atomic E-state index is 6.33. The van der Waals surface area contributed by atoms with Crippen LogP contribution in [0.3, 0.4) is 0 Å². The molecule has 0 radical (unpaired) electrons. The van der Waals surface area contributed by atoms with E-state index >= 15 is 0 Å². The molecule has 2 heteroatoms. The lowest BCUT2D eigenvalue weighted by molar-refractivity contribution is 0.357. The van der Waals surface area contributed by atoms with Gasteiger partial charge in [0.15, 0.2) is 0 Å². The van der Waals surface area contributed by atoms with Crippen LogP contribution in [0.25, 0.3) is 0 Å². The smallest absolute Gasteiger partial charge is 0.122 e. The Balaban J connectivity index is 1.66. The predicted molar refractivity (Wildman–Crippen MR) is 82.1 cm³/mol. The number of nitrogens with two attached hydrogens (primary N) is 1. The summed E-state index contributed by atoms with van der Waals surface area (Å²) in [5, 5.41) is 0. The molecular weight excluding hydrogens is 246 g/mol. The molecule has 1 unspecified atom stereocenters. The van der Waals surface area contributed by atoms with Crippen molar-refractivity contribution in [2.45, 2.75) is 32.2 Å². The van der Waals surface area contributed by atoms with E-state index in [2.05, 4.69) is 49.4 Å². The second kappa shape index (κ2) is 5.68. The van der Waals surface area contributed by atoms with Crippen molar-refractivity contribution in [1.29, 1.82) is 0 Å². The Labute approximate surface area is 120 Å². The Morgan fingerprint density at radius 1 is 1.20 bits per heavy atom. The van der Waals surface area contributed by atoms with Crippen LogP contribution in [0.1, 0.15) is 34.7 Å². The van der Waals surface area contributed by atoms with Crippen LogP contribution >= 0.6 is 0 Å². The van der Waals surface area contributed by atoms with E-state index < -0.39 is 0 Å². The number of benzene rings is 2. The van der Waals surface area contributed by atoms with Crippen molar-refractivity contribution >= 4 is 0 Å². The van der Waals surface area contributed by atoms with Crippen molar-refractivity contribution in [2.24, 2.45) is 5.73 Å². The molecule has 20 heavy (non-hydrogen) atoms.